The maximum Gasteiger partial charge on any atom is 0.241 e. The van der Waals surface area contributed by atoms with Gasteiger partial charge in [0.2, 0.25) is 11.8 Å². The number of ether oxygens (including phenoxy) is 1. The van der Waals surface area contributed by atoms with E-state index < -0.39 is 0 Å². The molecule has 0 spiro atoms. The molecule has 5 nitrogen and oxygen atoms in total. The van der Waals surface area contributed by atoms with Gasteiger partial charge in [0.25, 0.3) is 0 Å². The first-order valence-corrected chi connectivity index (χ1v) is 8.01. The van der Waals surface area contributed by atoms with E-state index in [0.29, 0.717) is 24.4 Å². The molecule has 0 fully saturated rings. The first-order valence-electron chi connectivity index (χ1n) is 7.13. The Hall–Kier alpha value is -1.40. The smallest absolute Gasteiger partial charge is 0.241 e. The minimum atomic E-state index is 0.396. The molecule has 1 atom stereocenters. The summed E-state index contributed by atoms with van der Waals surface area (Å²) in [4.78, 5) is 8.61. The van der Waals surface area contributed by atoms with Crippen LogP contribution in [0.2, 0.25) is 0 Å². The van der Waals surface area contributed by atoms with Crippen molar-refractivity contribution in [3.05, 3.63) is 11.4 Å². The normalized spacial score (nSPS) is 12.6. The van der Waals surface area contributed by atoms with Crippen molar-refractivity contribution in [2.45, 2.75) is 39.5 Å². The predicted molar refractivity (Wildman–Crippen MR) is 84.0 cm³/mol. The molecular formula is C14H22N4OS. The molecule has 20 heavy (non-hydrogen) atoms. The molecule has 0 amide bonds. The Labute approximate surface area is 123 Å². The van der Waals surface area contributed by atoms with Gasteiger partial charge in [0, 0.05) is 0 Å². The lowest BCUT2D eigenvalue weighted by Crippen LogP contribution is -2.14. The Bertz CT molecular complexity index is 543. The van der Waals surface area contributed by atoms with E-state index in [-0.39, 0.29) is 0 Å². The molecule has 0 aliphatic heterocycles. The molecule has 0 aliphatic carbocycles. The van der Waals surface area contributed by atoms with Crippen LogP contribution in [0, 0.1) is 5.92 Å². The zero-order chi connectivity index (χ0) is 14.4. The number of aromatic nitrogens is 2. The third-order valence-corrected chi connectivity index (χ3v) is 4.29. The number of nitrogens with zero attached hydrogens (tertiary/aromatic N) is 2. The summed E-state index contributed by atoms with van der Waals surface area (Å²) in [5, 5.41) is 1.99. The molecule has 2 rings (SSSR count). The summed E-state index contributed by atoms with van der Waals surface area (Å²) in [7, 11) is 0. The van der Waals surface area contributed by atoms with Crippen LogP contribution in [0.3, 0.4) is 0 Å². The van der Waals surface area contributed by atoms with Crippen LogP contribution in [-0.4, -0.2) is 16.6 Å². The first-order chi connectivity index (χ1) is 9.78. The minimum Gasteiger partial charge on any atom is -0.476 e. The summed E-state index contributed by atoms with van der Waals surface area (Å²) >= 11 is 1.59. The summed E-state index contributed by atoms with van der Waals surface area (Å²) in [6.45, 7) is 5.12. The number of hydrogen-bond acceptors (Lipinski definition) is 6. The van der Waals surface area contributed by atoms with Crippen molar-refractivity contribution >= 4 is 27.5 Å². The molecule has 0 radical (unpaired) electrons. The Balaban J connectivity index is 2.09. The van der Waals surface area contributed by atoms with Crippen molar-refractivity contribution in [3.8, 4) is 5.88 Å². The second-order valence-corrected chi connectivity index (χ2v) is 5.78. The quantitative estimate of drug-likeness (QED) is 0.575. The van der Waals surface area contributed by atoms with E-state index in [1.54, 1.807) is 11.3 Å². The van der Waals surface area contributed by atoms with Crippen LogP contribution >= 0.6 is 11.3 Å². The van der Waals surface area contributed by atoms with E-state index >= 15 is 0 Å². The number of unbranched alkanes of at least 4 members (excludes halogenated alkanes) is 1. The first kappa shape index (κ1) is 15.0. The van der Waals surface area contributed by atoms with Gasteiger partial charge in [0.15, 0.2) is 0 Å². The topological polar surface area (TPSA) is 73.1 Å². The highest BCUT2D eigenvalue weighted by Gasteiger charge is 2.12. The lowest BCUT2D eigenvalue weighted by molar-refractivity contribution is 0.229. The number of fused-ring (bicyclic) bond motifs is 1. The van der Waals surface area contributed by atoms with Gasteiger partial charge in [-0.15, -0.1) is 11.3 Å². The average Bonchev–Trinajstić information content (AvgIpc) is 2.95. The Kier molecular flexibility index (Phi) is 5.55. The van der Waals surface area contributed by atoms with Crippen LogP contribution in [0.4, 0.5) is 5.95 Å². The maximum absolute atomic E-state index is 5.93. The zero-order valence-corrected chi connectivity index (χ0v) is 12.9. The highest BCUT2D eigenvalue weighted by atomic mass is 32.1. The second-order valence-electron chi connectivity index (χ2n) is 4.86. The monoisotopic (exact) mass is 294 g/mol. The minimum absolute atomic E-state index is 0.396. The summed E-state index contributed by atoms with van der Waals surface area (Å²) in [5.74, 6) is 7.01. The summed E-state index contributed by atoms with van der Waals surface area (Å²) in [6, 6.07) is 1.95. The zero-order valence-electron chi connectivity index (χ0n) is 12.1. The molecule has 0 bridgehead atoms. The number of nitrogens with two attached hydrogens (primary N) is 1. The van der Waals surface area contributed by atoms with Gasteiger partial charge >= 0.3 is 0 Å². The van der Waals surface area contributed by atoms with E-state index in [1.165, 1.54) is 19.3 Å². The van der Waals surface area contributed by atoms with Gasteiger partial charge in [-0.1, -0.05) is 33.1 Å². The number of rotatable bonds is 8. The number of hydrazine groups is 1. The van der Waals surface area contributed by atoms with Crippen molar-refractivity contribution in [3.63, 3.8) is 0 Å². The number of thiophene rings is 1. The Morgan fingerprint density at radius 2 is 2.25 bits per heavy atom. The number of hydrogen-bond donors (Lipinski definition) is 2. The molecule has 2 aromatic heterocycles. The largest absolute Gasteiger partial charge is 0.476 e. The molecule has 0 aromatic carbocycles. The van der Waals surface area contributed by atoms with E-state index in [1.807, 2.05) is 11.4 Å². The SMILES string of the molecule is CCCCC(CC)COc1nc(NN)nc2ccsc12. The van der Waals surface area contributed by atoms with E-state index in [2.05, 4.69) is 29.2 Å². The Morgan fingerprint density at radius 1 is 1.40 bits per heavy atom. The Morgan fingerprint density at radius 3 is 2.95 bits per heavy atom. The third kappa shape index (κ3) is 3.58. The average molecular weight is 294 g/mol. The van der Waals surface area contributed by atoms with Gasteiger partial charge in [-0.3, -0.25) is 5.43 Å². The molecule has 6 heteroatoms. The van der Waals surface area contributed by atoms with Crippen molar-refractivity contribution < 1.29 is 4.74 Å². The predicted octanol–water partition coefficient (Wildman–Crippen LogP) is 3.57. The van der Waals surface area contributed by atoms with Gasteiger partial charge in [-0.25, -0.2) is 10.8 Å². The van der Waals surface area contributed by atoms with Crippen molar-refractivity contribution in [1.29, 1.82) is 0 Å². The van der Waals surface area contributed by atoms with Gasteiger partial charge in [0.05, 0.1) is 12.1 Å². The van der Waals surface area contributed by atoms with Gasteiger partial charge in [-0.2, -0.15) is 4.98 Å². The van der Waals surface area contributed by atoms with Crippen molar-refractivity contribution in [2.24, 2.45) is 11.8 Å². The van der Waals surface area contributed by atoms with Crippen LogP contribution in [0.5, 0.6) is 5.88 Å². The van der Waals surface area contributed by atoms with Crippen LogP contribution in [-0.2, 0) is 0 Å². The fourth-order valence-electron chi connectivity index (χ4n) is 2.09. The van der Waals surface area contributed by atoms with Crippen molar-refractivity contribution in [2.75, 3.05) is 12.0 Å². The highest BCUT2D eigenvalue weighted by Crippen LogP contribution is 2.29. The standard InChI is InChI=1S/C14H22N4OS/c1-3-5-6-10(4-2)9-19-13-12-11(7-8-20-12)16-14(17-13)18-15/h7-8,10H,3-6,9,15H2,1-2H3,(H,16,17,18). The highest BCUT2D eigenvalue weighted by molar-refractivity contribution is 7.17. The molecule has 0 saturated heterocycles. The molecule has 0 aliphatic rings. The second kappa shape index (κ2) is 7.40. The van der Waals surface area contributed by atoms with Crippen molar-refractivity contribution in [1.82, 2.24) is 9.97 Å². The van der Waals surface area contributed by atoms with E-state index in [4.69, 9.17) is 10.6 Å². The number of nitrogen functional groups attached to an aromatic ring is 1. The summed E-state index contributed by atoms with van der Waals surface area (Å²) in [6.07, 6.45) is 4.80. The molecule has 2 heterocycles. The summed E-state index contributed by atoms with van der Waals surface area (Å²) < 4.78 is 6.91. The molecule has 0 saturated carbocycles. The number of anilines is 1. The van der Waals surface area contributed by atoms with Gasteiger partial charge < -0.3 is 4.74 Å². The van der Waals surface area contributed by atoms with Crippen LogP contribution in [0.25, 0.3) is 10.2 Å². The van der Waals surface area contributed by atoms with Crippen LogP contribution < -0.4 is 16.0 Å². The molecule has 2 aromatic rings. The number of nitrogens with one attached hydrogen (secondary N) is 1. The molecular weight excluding hydrogens is 272 g/mol. The van der Waals surface area contributed by atoms with Crippen LogP contribution in [0.1, 0.15) is 39.5 Å². The molecule has 3 N–H and O–H groups in total. The lowest BCUT2D eigenvalue weighted by Gasteiger charge is -2.15. The van der Waals surface area contributed by atoms with Gasteiger partial charge in [0.1, 0.15) is 4.70 Å². The van der Waals surface area contributed by atoms with Crippen LogP contribution in [0.15, 0.2) is 11.4 Å². The molecule has 1 unspecified atom stereocenters. The molecule has 110 valence electrons. The third-order valence-electron chi connectivity index (χ3n) is 3.40. The lowest BCUT2D eigenvalue weighted by atomic mass is 10.0. The summed E-state index contributed by atoms with van der Waals surface area (Å²) in [5.41, 5.74) is 3.36. The van der Waals surface area contributed by atoms with Gasteiger partial charge in [-0.05, 0) is 23.8 Å². The fourth-order valence-corrected chi connectivity index (χ4v) is 2.87. The van der Waals surface area contributed by atoms with E-state index in [9.17, 15) is 0 Å². The van der Waals surface area contributed by atoms with E-state index in [0.717, 1.165) is 16.6 Å². The maximum atomic E-state index is 5.93. The fraction of sp³-hybridized carbons (Fsp3) is 0.571.